The van der Waals surface area contributed by atoms with Crippen LogP contribution in [0.25, 0.3) is 0 Å². The number of nitrogens with one attached hydrogen (secondary N) is 1. The lowest BCUT2D eigenvalue weighted by Crippen LogP contribution is -3.09. The normalized spacial score (nSPS) is 19.5. The highest BCUT2D eigenvalue weighted by molar-refractivity contribution is 7.78. The lowest BCUT2D eigenvalue weighted by Gasteiger charge is -2.41. The molecule has 0 aromatic heterocycles. The molecule has 35 heavy (non-hydrogen) atoms. The molecule has 0 radical (unpaired) electrons. The summed E-state index contributed by atoms with van der Waals surface area (Å²) in [6, 6.07) is 8.42. The lowest BCUT2D eigenvalue weighted by molar-refractivity contribution is -0.600. The van der Waals surface area contributed by atoms with E-state index in [0.29, 0.717) is 23.1 Å². The first-order valence-electron chi connectivity index (χ1n) is 11.4. The third-order valence-electron chi connectivity index (χ3n) is 6.64. The van der Waals surface area contributed by atoms with Gasteiger partial charge in [-0.3, -0.25) is 4.90 Å². The van der Waals surface area contributed by atoms with E-state index in [0.717, 1.165) is 54.6 Å². The standard InChI is InChI=1S/C25H28Cl2FN3O3S/c1-15-13-29(6-7-30(15)16(2)18-8-20(26)11-21(27)9-18)14-19-10-24(28)23(12-22(19)17-4-5-17)25(32)31(33)35(3)34/h8-12,16-17,31H,1,4-7,13-14H2,2-3H3/t16-,35?/m1/s1. The molecule has 1 aliphatic carbocycles. The van der Waals surface area contributed by atoms with E-state index >= 15 is 0 Å². The van der Waals surface area contributed by atoms with Crippen molar-refractivity contribution < 1.29 is 17.9 Å². The first-order valence-corrected chi connectivity index (χ1v) is 13.7. The number of benzene rings is 2. The van der Waals surface area contributed by atoms with Crippen LogP contribution in [0.2, 0.25) is 10.0 Å². The number of rotatable bonds is 7. The fourth-order valence-corrected chi connectivity index (χ4v) is 5.55. The second-order valence-corrected chi connectivity index (χ2v) is 11.4. The number of carbonyl (C=O) groups excluding carboxylic acids is 1. The molecule has 2 unspecified atom stereocenters. The maximum Gasteiger partial charge on any atom is 0.360 e. The van der Waals surface area contributed by atoms with Gasteiger partial charge in [-0.2, -0.15) is 4.21 Å². The van der Waals surface area contributed by atoms with Gasteiger partial charge < -0.3 is 10.1 Å². The molecular formula is C25H28Cl2FN3O3S. The zero-order chi connectivity index (χ0) is 25.4. The molecule has 2 aromatic rings. The first-order chi connectivity index (χ1) is 16.5. The third kappa shape index (κ3) is 5.96. The van der Waals surface area contributed by atoms with Gasteiger partial charge in [-0.25, -0.2) is 13.7 Å². The quantitative estimate of drug-likeness (QED) is 0.533. The van der Waals surface area contributed by atoms with Crippen LogP contribution in [0.1, 0.15) is 58.8 Å². The van der Waals surface area contributed by atoms with Crippen LogP contribution >= 0.6 is 23.2 Å². The fourth-order valence-electron chi connectivity index (χ4n) is 4.63. The summed E-state index contributed by atoms with van der Waals surface area (Å²) in [5.41, 5.74) is 3.36. The minimum atomic E-state index is -1.98. The molecule has 2 aromatic carbocycles. The molecule has 1 amide bonds. The molecule has 10 heteroatoms. The lowest BCUT2D eigenvalue weighted by atomic mass is 9.98. The summed E-state index contributed by atoms with van der Waals surface area (Å²) in [6.07, 6.45) is 3.04. The van der Waals surface area contributed by atoms with Crippen molar-refractivity contribution in [2.75, 3.05) is 25.9 Å². The van der Waals surface area contributed by atoms with Gasteiger partial charge in [-0.05, 0) is 72.7 Å². The largest absolute Gasteiger partial charge is 0.612 e. The molecule has 2 fully saturated rings. The van der Waals surface area contributed by atoms with Crippen molar-refractivity contribution in [3.63, 3.8) is 0 Å². The zero-order valence-electron chi connectivity index (χ0n) is 19.7. The zero-order valence-corrected chi connectivity index (χ0v) is 22.0. The van der Waals surface area contributed by atoms with Gasteiger partial charge in [0.15, 0.2) is 0 Å². The summed E-state index contributed by atoms with van der Waals surface area (Å²) >= 11 is 12.4. The van der Waals surface area contributed by atoms with Gasteiger partial charge in [0.1, 0.15) is 11.4 Å². The molecule has 2 aliphatic rings. The number of hydroxylamine groups is 1. The maximum atomic E-state index is 14.9. The summed E-state index contributed by atoms with van der Waals surface area (Å²) in [5, 5.41) is 13.1. The Morgan fingerprint density at radius 3 is 2.46 bits per heavy atom. The van der Waals surface area contributed by atoms with E-state index in [1.54, 1.807) is 6.07 Å². The Bertz CT molecular complexity index is 1170. The van der Waals surface area contributed by atoms with Crippen molar-refractivity contribution >= 4 is 40.1 Å². The molecule has 1 aliphatic heterocycles. The summed E-state index contributed by atoms with van der Waals surface area (Å²) in [7, 11) is -1.98. The monoisotopic (exact) mass is 539 g/mol. The van der Waals surface area contributed by atoms with Crippen molar-refractivity contribution in [3.8, 4) is 0 Å². The van der Waals surface area contributed by atoms with E-state index in [2.05, 4.69) is 23.3 Å². The van der Waals surface area contributed by atoms with Crippen molar-refractivity contribution in [1.82, 2.24) is 9.80 Å². The van der Waals surface area contributed by atoms with Gasteiger partial charge in [0.05, 0.1) is 12.3 Å². The molecule has 1 saturated heterocycles. The minimum absolute atomic E-state index is 0.0484. The second-order valence-electron chi connectivity index (χ2n) is 9.22. The minimum Gasteiger partial charge on any atom is -0.612 e. The average Bonchev–Trinajstić information content (AvgIpc) is 3.62. The van der Waals surface area contributed by atoms with E-state index in [1.165, 1.54) is 12.1 Å². The van der Waals surface area contributed by atoms with Crippen molar-refractivity contribution in [2.45, 2.75) is 38.3 Å². The molecule has 3 atom stereocenters. The van der Waals surface area contributed by atoms with Gasteiger partial charge in [0.2, 0.25) is 11.0 Å². The number of halogens is 3. The SMILES string of the molecule is C=C1CN(Cc2cc(F)c(C(=O)[NH+]([O-])S(C)=O)cc2C2CC2)CCN1[C@H](C)c1cc(Cl)cc(Cl)c1. The van der Waals surface area contributed by atoms with Gasteiger partial charge in [-0.15, -0.1) is 0 Å². The Morgan fingerprint density at radius 2 is 1.89 bits per heavy atom. The predicted molar refractivity (Wildman–Crippen MR) is 137 cm³/mol. The molecule has 188 valence electrons. The maximum absolute atomic E-state index is 14.9. The smallest absolute Gasteiger partial charge is 0.360 e. The van der Waals surface area contributed by atoms with Crippen LogP contribution in [0, 0.1) is 11.0 Å². The van der Waals surface area contributed by atoms with Crippen LogP contribution < -0.4 is 4.47 Å². The number of piperazine rings is 1. The Hall–Kier alpha value is -1.81. The van der Waals surface area contributed by atoms with Crippen molar-refractivity contribution in [1.29, 1.82) is 0 Å². The number of hydrogen-bond acceptors (Lipinski definition) is 5. The molecule has 1 N–H and O–H groups in total. The van der Waals surface area contributed by atoms with E-state index in [4.69, 9.17) is 23.2 Å². The van der Waals surface area contributed by atoms with Crippen LogP contribution in [0.4, 0.5) is 4.39 Å². The Kier molecular flexibility index (Phi) is 8.00. The van der Waals surface area contributed by atoms with E-state index < -0.39 is 27.2 Å². The van der Waals surface area contributed by atoms with Crippen LogP contribution in [-0.4, -0.2) is 45.8 Å². The highest BCUT2D eigenvalue weighted by Crippen LogP contribution is 2.43. The topological polar surface area (TPSA) is 68.1 Å². The molecule has 1 heterocycles. The number of amides is 1. The van der Waals surface area contributed by atoms with E-state index in [-0.39, 0.29) is 17.5 Å². The van der Waals surface area contributed by atoms with E-state index in [9.17, 15) is 18.6 Å². The van der Waals surface area contributed by atoms with Crippen LogP contribution in [0.15, 0.2) is 42.6 Å². The molecule has 0 spiro atoms. The summed E-state index contributed by atoms with van der Waals surface area (Å²) in [5.74, 6) is -1.54. The summed E-state index contributed by atoms with van der Waals surface area (Å²) in [6.45, 7) is 8.96. The molecular weight excluding hydrogens is 512 g/mol. The van der Waals surface area contributed by atoms with E-state index in [1.807, 2.05) is 12.1 Å². The fraction of sp³-hybridized carbons (Fsp3) is 0.400. The number of nitrogens with zero attached hydrogens (tertiary/aromatic N) is 2. The molecule has 0 bridgehead atoms. The Labute approximate surface area is 217 Å². The molecule has 4 rings (SSSR count). The Balaban J connectivity index is 1.49. The van der Waals surface area contributed by atoms with Crippen LogP contribution in [0.3, 0.4) is 0 Å². The van der Waals surface area contributed by atoms with Gasteiger partial charge in [0.25, 0.3) is 0 Å². The van der Waals surface area contributed by atoms with Crippen LogP contribution in [0.5, 0.6) is 0 Å². The number of carbonyl (C=O) groups is 1. The molecule has 1 saturated carbocycles. The van der Waals surface area contributed by atoms with Crippen LogP contribution in [-0.2, 0) is 17.5 Å². The predicted octanol–water partition coefficient (Wildman–Crippen LogP) is 4.22. The molecule has 6 nitrogen and oxygen atoms in total. The van der Waals surface area contributed by atoms with Gasteiger partial charge >= 0.3 is 5.91 Å². The van der Waals surface area contributed by atoms with Gasteiger partial charge in [0, 0.05) is 41.9 Å². The highest BCUT2D eigenvalue weighted by atomic mass is 35.5. The first kappa shape index (κ1) is 26.3. The van der Waals surface area contributed by atoms with Gasteiger partial charge in [-0.1, -0.05) is 29.8 Å². The summed E-state index contributed by atoms with van der Waals surface area (Å²) < 4.78 is 25.3. The highest BCUT2D eigenvalue weighted by Gasteiger charge is 2.32. The number of hydrogen-bond donors (Lipinski definition) is 1. The summed E-state index contributed by atoms with van der Waals surface area (Å²) in [4.78, 5) is 16.8. The Morgan fingerprint density at radius 1 is 1.23 bits per heavy atom. The number of quaternary nitrogens is 1. The van der Waals surface area contributed by atoms with Crippen molar-refractivity contribution in [2.24, 2.45) is 0 Å². The van der Waals surface area contributed by atoms with Crippen molar-refractivity contribution in [3.05, 3.63) is 85.9 Å². The second kappa shape index (κ2) is 10.7. The average molecular weight is 540 g/mol. The third-order valence-corrected chi connectivity index (χ3v) is 7.78.